The molecule has 0 radical (unpaired) electrons. The SMILES string of the molecule is CCn1ncc(CN(C)CC(=O)N[C@H](C)c2ccc(C)cc2)c1C. The van der Waals surface area contributed by atoms with Crippen molar-refractivity contribution in [2.24, 2.45) is 0 Å². The topological polar surface area (TPSA) is 50.2 Å². The summed E-state index contributed by atoms with van der Waals surface area (Å²) in [4.78, 5) is 14.3. The molecule has 0 aliphatic rings. The molecule has 2 rings (SSSR count). The molecular weight excluding hydrogens is 300 g/mol. The molecule has 5 heteroatoms. The Bertz CT molecular complexity index is 675. The van der Waals surface area contributed by atoms with E-state index in [1.807, 2.05) is 29.7 Å². The van der Waals surface area contributed by atoms with Crippen LogP contribution < -0.4 is 5.32 Å². The Labute approximate surface area is 144 Å². The Morgan fingerprint density at radius 3 is 2.54 bits per heavy atom. The van der Waals surface area contributed by atoms with Crippen LogP contribution in [0.3, 0.4) is 0 Å². The molecule has 1 heterocycles. The third kappa shape index (κ3) is 4.68. The molecule has 1 N–H and O–H groups in total. The van der Waals surface area contributed by atoms with Crippen LogP contribution in [-0.2, 0) is 17.9 Å². The van der Waals surface area contributed by atoms with Gasteiger partial charge in [-0.2, -0.15) is 5.10 Å². The first kappa shape index (κ1) is 18.2. The van der Waals surface area contributed by atoms with Crippen LogP contribution in [-0.4, -0.2) is 34.2 Å². The van der Waals surface area contributed by atoms with Gasteiger partial charge in [-0.05, 0) is 40.3 Å². The average Bonchev–Trinajstić information content (AvgIpc) is 2.87. The maximum Gasteiger partial charge on any atom is 0.234 e. The molecule has 1 atom stereocenters. The fourth-order valence-electron chi connectivity index (χ4n) is 2.78. The normalized spacial score (nSPS) is 12.4. The maximum absolute atomic E-state index is 12.3. The summed E-state index contributed by atoms with van der Waals surface area (Å²) in [6, 6.07) is 8.27. The molecule has 0 saturated heterocycles. The van der Waals surface area contributed by atoms with E-state index in [0.29, 0.717) is 6.54 Å². The van der Waals surface area contributed by atoms with Crippen LogP contribution >= 0.6 is 0 Å². The molecule has 0 aliphatic carbocycles. The van der Waals surface area contributed by atoms with E-state index >= 15 is 0 Å². The van der Waals surface area contributed by atoms with E-state index in [4.69, 9.17) is 0 Å². The first-order valence-corrected chi connectivity index (χ1v) is 8.46. The van der Waals surface area contributed by atoms with Crippen LogP contribution in [0.1, 0.15) is 42.3 Å². The lowest BCUT2D eigenvalue weighted by atomic mass is 10.1. The summed E-state index contributed by atoms with van der Waals surface area (Å²) in [5.41, 5.74) is 4.67. The van der Waals surface area contributed by atoms with Gasteiger partial charge in [0.1, 0.15) is 0 Å². The van der Waals surface area contributed by atoms with Gasteiger partial charge in [0.15, 0.2) is 0 Å². The van der Waals surface area contributed by atoms with Crippen LogP contribution in [0.4, 0.5) is 0 Å². The van der Waals surface area contributed by atoms with Gasteiger partial charge in [0.2, 0.25) is 5.91 Å². The third-order valence-corrected chi connectivity index (χ3v) is 4.31. The van der Waals surface area contributed by atoms with Crippen molar-refractivity contribution < 1.29 is 4.79 Å². The van der Waals surface area contributed by atoms with E-state index in [1.165, 1.54) is 11.1 Å². The molecule has 130 valence electrons. The number of rotatable bonds is 7. The quantitative estimate of drug-likeness (QED) is 0.850. The number of nitrogens with zero attached hydrogens (tertiary/aromatic N) is 3. The van der Waals surface area contributed by atoms with Crippen molar-refractivity contribution in [1.82, 2.24) is 20.0 Å². The molecule has 2 aromatic rings. The zero-order valence-corrected chi connectivity index (χ0v) is 15.3. The van der Waals surface area contributed by atoms with E-state index < -0.39 is 0 Å². The zero-order valence-electron chi connectivity index (χ0n) is 15.3. The molecule has 1 aromatic heterocycles. The lowest BCUT2D eigenvalue weighted by Crippen LogP contribution is -2.36. The van der Waals surface area contributed by atoms with Crippen molar-refractivity contribution in [3.63, 3.8) is 0 Å². The van der Waals surface area contributed by atoms with Crippen molar-refractivity contribution >= 4 is 5.91 Å². The average molecular weight is 328 g/mol. The highest BCUT2D eigenvalue weighted by atomic mass is 16.2. The number of likely N-dealkylation sites (N-methyl/N-ethyl adjacent to an activating group) is 1. The summed E-state index contributed by atoms with van der Waals surface area (Å²) < 4.78 is 1.97. The molecule has 1 aromatic carbocycles. The van der Waals surface area contributed by atoms with E-state index in [0.717, 1.165) is 24.3 Å². The van der Waals surface area contributed by atoms with Crippen LogP contribution in [0.2, 0.25) is 0 Å². The van der Waals surface area contributed by atoms with E-state index in [-0.39, 0.29) is 11.9 Å². The van der Waals surface area contributed by atoms with Crippen LogP contribution in [0.15, 0.2) is 30.5 Å². The number of benzene rings is 1. The van der Waals surface area contributed by atoms with E-state index in [9.17, 15) is 4.79 Å². The maximum atomic E-state index is 12.3. The lowest BCUT2D eigenvalue weighted by molar-refractivity contribution is -0.122. The van der Waals surface area contributed by atoms with Crippen molar-refractivity contribution in [2.75, 3.05) is 13.6 Å². The van der Waals surface area contributed by atoms with Gasteiger partial charge in [-0.1, -0.05) is 29.8 Å². The van der Waals surface area contributed by atoms with Crippen molar-refractivity contribution in [3.05, 3.63) is 52.8 Å². The molecule has 5 nitrogen and oxygen atoms in total. The fraction of sp³-hybridized carbons (Fsp3) is 0.474. The molecule has 0 aliphatic heterocycles. The highest BCUT2D eigenvalue weighted by molar-refractivity contribution is 5.78. The van der Waals surface area contributed by atoms with Crippen LogP contribution in [0.25, 0.3) is 0 Å². The number of aryl methyl sites for hydroxylation is 2. The van der Waals surface area contributed by atoms with Crippen molar-refractivity contribution in [2.45, 2.75) is 46.8 Å². The second-order valence-electron chi connectivity index (χ2n) is 6.44. The van der Waals surface area contributed by atoms with Gasteiger partial charge in [-0.25, -0.2) is 0 Å². The number of hydrogen-bond donors (Lipinski definition) is 1. The predicted octanol–water partition coefficient (Wildman–Crippen LogP) is 2.83. The molecule has 1 amide bonds. The summed E-state index contributed by atoms with van der Waals surface area (Å²) in [7, 11) is 1.96. The molecular formula is C19H28N4O. The van der Waals surface area contributed by atoms with Crippen molar-refractivity contribution in [3.8, 4) is 0 Å². The fourth-order valence-corrected chi connectivity index (χ4v) is 2.78. The number of carbonyl (C=O) groups is 1. The van der Waals surface area contributed by atoms with Crippen LogP contribution in [0.5, 0.6) is 0 Å². The Kier molecular flexibility index (Phi) is 6.15. The summed E-state index contributed by atoms with van der Waals surface area (Å²) in [6.07, 6.45) is 1.89. The predicted molar refractivity (Wildman–Crippen MR) is 96.7 cm³/mol. The molecule has 0 bridgehead atoms. The summed E-state index contributed by atoms with van der Waals surface area (Å²) in [5, 5.41) is 7.41. The van der Waals surface area contributed by atoms with Gasteiger partial charge >= 0.3 is 0 Å². The third-order valence-electron chi connectivity index (χ3n) is 4.31. The minimum Gasteiger partial charge on any atom is -0.348 e. The zero-order chi connectivity index (χ0) is 17.7. The Hall–Kier alpha value is -2.14. The standard InChI is InChI=1S/C19H28N4O/c1-6-23-16(4)18(11-20-23)12-22(5)13-19(24)21-15(3)17-9-7-14(2)8-10-17/h7-11,15H,6,12-13H2,1-5H3,(H,21,24)/t15-/m1/s1. The minimum atomic E-state index is 0.0103. The first-order chi connectivity index (χ1) is 11.4. The molecule has 0 fully saturated rings. The second kappa shape index (κ2) is 8.11. The van der Waals surface area contributed by atoms with E-state index in [2.05, 4.69) is 55.5 Å². The van der Waals surface area contributed by atoms with Crippen LogP contribution in [0, 0.1) is 13.8 Å². The number of amides is 1. The summed E-state index contributed by atoms with van der Waals surface area (Å²) >= 11 is 0. The lowest BCUT2D eigenvalue weighted by Gasteiger charge is -2.19. The smallest absolute Gasteiger partial charge is 0.234 e. The van der Waals surface area contributed by atoms with Crippen molar-refractivity contribution in [1.29, 1.82) is 0 Å². The highest BCUT2D eigenvalue weighted by Gasteiger charge is 2.13. The summed E-state index contributed by atoms with van der Waals surface area (Å²) in [6.45, 7) is 10.2. The molecule has 0 saturated carbocycles. The van der Waals surface area contributed by atoms with Gasteiger partial charge in [-0.15, -0.1) is 0 Å². The largest absolute Gasteiger partial charge is 0.348 e. The Morgan fingerprint density at radius 1 is 1.29 bits per heavy atom. The van der Waals surface area contributed by atoms with Gasteiger partial charge in [0.05, 0.1) is 18.8 Å². The molecule has 0 unspecified atom stereocenters. The van der Waals surface area contributed by atoms with Gasteiger partial charge in [0.25, 0.3) is 0 Å². The van der Waals surface area contributed by atoms with Gasteiger partial charge < -0.3 is 5.32 Å². The second-order valence-corrected chi connectivity index (χ2v) is 6.44. The van der Waals surface area contributed by atoms with E-state index in [1.54, 1.807) is 0 Å². The highest BCUT2D eigenvalue weighted by Crippen LogP contribution is 2.13. The molecule has 24 heavy (non-hydrogen) atoms. The number of nitrogens with one attached hydrogen (secondary N) is 1. The molecule has 0 spiro atoms. The minimum absolute atomic E-state index is 0.0103. The summed E-state index contributed by atoms with van der Waals surface area (Å²) in [5.74, 6) is 0.0334. The monoisotopic (exact) mass is 328 g/mol. The van der Waals surface area contributed by atoms with Gasteiger partial charge in [-0.3, -0.25) is 14.4 Å². The number of carbonyl (C=O) groups excluding carboxylic acids is 1. The Balaban J connectivity index is 1.86. The Morgan fingerprint density at radius 2 is 1.96 bits per heavy atom. The number of aromatic nitrogens is 2. The first-order valence-electron chi connectivity index (χ1n) is 8.46. The number of hydrogen-bond acceptors (Lipinski definition) is 3. The van der Waals surface area contributed by atoms with Gasteiger partial charge in [0, 0.05) is 24.3 Å².